The third-order valence-electron chi connectivity index (χ3n) is 5.05. The van der Waals surface area contributed by atoms with Crippen LogP contribution >= 0.6 is 34.0 Å². The molecule has 9 heteroatoms. The molecule has 5 rings (SSSR count). The zero-order valence-electron chi connectivity index (χ0n) is 15.5. The lowest BCUT2D eigenvalue weighted by Gasteiger charge is -2.10. The van der Waals surface area contributed by atoms with Crippen molar-refractivity contribution in [3.63, 3.8) is 0 Å². The average molecular weight is 443 g/mol. The van der Waals surface area contributed by atoms with E-state index in [9.17, 15) is 9.59 Å². The molecule has 1 N–H and O–H groups in total. The van der Waals surface area contributed by atoms with Gasteiger partial charge in [-0.25, -0.2) is 9.97 Å². The summed E-state index contributed by atoms with van der Waals surface area (Å²) < 4.78 is 1.56. The van der Waals surface area contributed by atoms with Gasteiger partial charge in [0, 0.05) is 23.2 Å². The second-order valence-corrected chi connectivity index (χ2v) is 9.84. The van der Waals surface area contributed by atoms with Crippen LogP contribution in [0.5, 0.6) is 0 Å². The molecule has 1 aliphatic rings. The molecule has 4 heterocycles. The van der Waals surface area contributed by atoms with Gasteiger partial charge in [0.1, 0.15) is 4.83 Å². The number of thiophene rings is 2. The fourth-order valence-electron chi connectivity index (χ4n) is 3.61. The Morgan fingerprint density at radius 1 is 1.24 bits per heavy atom. The predicted octanol–water partition coefficient (Wildman–Crippen LogP) is 4.55. The second-order valence-electron chi connectivity index (χ2n) is 6.95. The third kappa shape index (κ3) is 3.65. The lowest BCUT2D eigenvalue weighted by atomic mass is 9.97. The molecule has 0 aromatic carbocycles. The second kappa shape index (κ2) is 7.81. The molecule has 1 aliphatic carbocycles. The minimum absolute atomic E-state index is 0.0311. The van der Waals surface area contributed by atoms with E-state index in [1.165, 1.54) is 28.2 Å². The summed E-state index contributed by atoms with van der Waals surface area (Å²) in [6.45, 7) is 0.307. The third-order valence-corrected chi connectivity index (χ3v) is 7.90. The van der Waals surface area contributed by atoms with E-state index in [4.69, 9.17) is 0 Å². The van der Waals surface area contributed by atoms with Crippen molar-refractivity contribution in [2.45, 2.75) is 38.6 Å². The summed E-state index contributed by atoms with van der Waals surface area (Å²) >= 11 is 4.66. The van der Waals surface area contributed by atoms with Crippen molar-refractivity contribution in [3.8, 4) is 10.6 Å². The Balaban J connectivity index is 1.28. The molecule has 0 saturated carbocycles. The number of hydrogen-bond acceptors (Lipinski definition) is 7. The molecule has 4 aromatic heterocycles. The maximum Gasteiger partial charge on any atom is 0.262 e. The highest BCUT2D eigenvalue weighted by Crippen LogP contribution is 2.33. The van der Waals surface area contributed by atoms with Crippen LogP contribution in [0.25, 0.3) is 20.8 Å². The monoisotopic (exact) mass is 442 g/mol. The van der Waals surface area contributed by atoms with E-state index in [2.05, 4.69) is 15.3 Å². The van der Waals surface area contributed by atoms with E-state index in [0.717, 1.165) is 40.1 Å². The average Bonchev–Trinajstić information content (AvgIpc) is 3.46. The van der Waals surface area contributed by atoms with Gasteiger partial charge in [-0.15, -0.1) is 34.0 Å². The number of anilines is 1. The molecule has 0 fully saturated rings. The van der Waals surface area contributed by atoms with Crippen LogP contribution in [0.1, 0.15) is 29.7 Å². The van der Waals surface area contributed by atoms with Gasteiger partial charge in [0.2, 0.25) is 5.91 Å². The predicted molar refractivity (Wildman–Crippen MR) is 119 cm³/mol. The van der Waals surface area contributed by atoms with Gasteiger partial charge < -0.3 is 5.32 Å². The van der Waals surface area contributed by atoms with Crippen molar-refractivity contribution in [1.29, 1.82) is 0 Å². The molecule has 148 valence electrons. The molecular formula is C20H18N4O2S3. The first kappa shape index (κ1) is 18.7. The van der Waals surface area contributed by atoms with Crippen LogP contribution in [0.15, 0.2) is 34.0 Å². The maximum absolute atomic E-state index is 13.0. The Morgan fingerprint density at radius 3 is 3.00 bits per heavy atom. The summed E-state index contributed by atoms with van der Waals surface area (Å²) in [4.78, 5) is 37.5. The van der Waals surface area contributed by atoms with Crippen LogP contribution in [0.3, 0.4) is 0 Å². The normalized spacial score (nSPS) is 13.5. The summed E-state index contributed by atoms with van der Waals surface area (Å²) in [6.07, 6.45) is 6.06. The molecular weight excluding hydrogens is 424 g/mol. The quantitative estimate of drug-likeness (QED) is 0.492. The highest BCUT2D eigenvalue weighted by molar-refractivity contribution is 7.18. The number of carbonyl (C=O) groups is 1. The molecule has 0 saturated heterocycles. The van der Waals surface area contributed by atoms with Crippen LogP contribution in [-0.2, 0) is 24.2 Å². The number of aryl methyl sites for hydroxylation is 3. The van der Waals surface area contributed by atoms with E-state index < -0.39 is 0 Å². The first-order valence-corrected chi connectivity index (χ1v) is 12.1. The lowest BCUT2D eigenvalue weighted by molar-refractivity contribution is -0.116. The van der Waals surface area contributed by atoms with Crippen molar-refractivity contribution in [2.24, 2.45) is 0 Å². The molecule has 0 unspecified atom stereocenters. The number of aromatic nitrogens is 3. The Morgan fingerprint density at radius 2 is 2.14 bits per heavy atom. The van der Waals surface area contributed by atoms with Gasteiger partial charge in [-0.1, -0.05) is 6.07 Å². The number of carbonyl (C=O) groups excluding carboxylic acids is 1. The van der Waals surface area contributed by atoms with Crippen molar-refractivity contribution < 1.29 is 4.79 Å². The first-order chi connectivity index (χ1) is 14.2. The first-order valence-electron chi connectivity index (χ1n) is 9.48. The number of fused-ring (bicyclic) bond motifs is 3. The number of thiazole rings is 1. The molecule has 0 radical (unpaired) electrons. The Kier molecular flexibility index (Phi) is 5.03. The maximum atomic E-state index is 13.0. The highest BCUT2D eigenvalue weighted by Gasteiger charge is 2.20. The molecule has 0 bridgehead atoms. The summed E-state index contributed by atoms with van der Waals surface area (Å²) in [5.74, 6) is -0.156. The minimum Gasteiger partial charge on any atom is -0.302 e. The highest BCUT2D eigenvalue weighted by atomic mass is 32.1. The van der Waals surface area contributed by atoms with Crippen LogP contribution in [-0.4, -0.2) is 20.4 Å². The summed E-state index contributed by atoms with van der Waals surface area (Å²) in [5.41, 5.74) is 2.02. The SMILES string of the molecule is O=C(CCn1cnc2sc3c(c2c1=O)CCCC3)Nc1nc(-c2cccs2)cs1. The summed E-state index contributed by atoms with van der Waals surface area (Å²) in [6, 6.07) is 3.98. The zero-order chi connectivity index (χ0) is 19.8. The van der Waals surface area contributed by atoms with Gasteiger partial charge in [-0.05, 0) is 42.7 Å². The number of nitrogens with zero attached hydrogens (tertiary/aromatic N) is 3. The van der Waals surface area contributed by atoms with Crippen LogP contribution < -0.4 is 10.9 Å². The molecule has 29 heavy (non-hydrogen) atoms. The van der Waals surface area contributed by atoms with E-state index in [-0.39, 0.29) is 17.9 Å². The fraction of sp³-hybridized carbons (Fsp3) is 0.300. The van der Waals surface area contributed by atoms with Crippen LogP contribution in [0.4, 0.5) is 5.13 Å². The molecule has 0 aliphatic heterocycles. The molecule has 6 nitrogen and oxygen atoms in total. The van der Waals surface area contributed by atoms with Gasteiger partial charge >= 0.3 is 0 Å². The Labute approximate surface area is 178 Å². The van der Waals surface area contributed by atoms with Crippen LogP contribution in [0, 0.1) is 0 Å². The topological polar surface area (TPSA) is 76.9 Å². The fourth-order valence-corrected chi connectivity index (χ4v) is 6.32. The van der Waals surface area contributed by atoms with Gasteiger partial charge in [0.25, 0.3) is 5.56 Å². The Bertz CT molecular complexity index is 1240. The van der Waals surface area contributed by atoms with Crippen molar-refractivity contribution in [2.75, 3.05) is 5.32 Å². The van der Waals surface area contributed by atoms with Crippen molar-refractivity contribution in [1.82, 2.24) is 14.5 Å². The number of nitrogens with one attached hydrogen (secondary N) is 1. The van der Waals surface area contributed by atoms with Crippen LogP contribution in [0.2, 0.25) is 0 Å². The number of rotatable bonds is 5. The van der Waals surface area contributed by atoms with Gasteiger partial charge in [0.05, 0.1) is 22.3 Å². The molecule has 0 atom stereocenters. The molecule has 4 aromatic rings. The van der Waals surface area contributed by atoms with Gasteiger partial charge in [-0.3, -0.25) is 14.2 Å². The van der Waals surface area contributed by atoms with E-state index >= 15 is 0 Å². The van der Waals surface area contributed by atoms with Crippen molar-refractivity contribution in [3.05, 3.63) is 50.0 Å². The van der Waals surface area contributed by atoms with Gasteiger partial charge in [-0.2, -0.15) is 0 Å². The molecule has 0 spiro atoms. The largest absolute Gasteiger partial charge is 0.302 e. The minimum atomic E-state index is -0.156. The zero-order valence-corrected chi connectivity index (χ0v) is 18.0. The Hall–Kier alpha value is -2.36. The molecule has 1 amide bonds. The number of amides is 1. The smallest absolute Gasteiger partial charge is 0.262 e. The van der Waals surface area contributed by atoms with E-state index in [1.54, 1.807) is 33.6 Å². The van der Waals surface area contributed by atoms with Crippen molar-refractivity contribution >= 4 is 55.3 Å². The van der Waals surface area contributed by atoms with E-state index in [1.807, 2.05) is 22.9 Å². The lowest BCUT2D eigenvalue weighted by Crippen LogP contribution is -2.24. The summed E-state index contributed by atoms with van der Waals surface area (Å²) in [5, 5.41) is 8.10. The van der Waals surface area contributed by atoms with Gasteiger partial charge in [0.15, 0.2) is 5.13 Å². The number of hydrogen-bond donors (Lipinski definition) is 1. The summed E-state index contributed by atoms with van der Waals surface area (Å²) in [7, 11) is 0. The standard InChI is InChI=1S/C20H18N4O2S3/c25-16(23-20-22-13(10-28-20)15-6-3-9-27-15)7-8-24-11-21-18-17(19(24)26)12-4-1-2-5-14(12)29-18/h3,6,9-11H,1-2,4-5,7-8H2,(H,22,23,25). The van der Waals surface area contributed by atoms with E-state index in [0.29, 0.717) is 11.7 Å².